The highest BCUT2D eigenvalue weighted by molar-refractivity contribution is 14.0. The number of rotatable bonds is 6. The third kappa shape index (κ3) is 5.97. The molecule has 1 N–H and O–H groups in total. The number of methoxy groups -OCH3 is 2. The molecule has 0 aliphatic carbocycles. The predicted molar refractivity (Wildman–Crippen MR) is 110 cm³/mol. The van der Waals surface area contributed by atoms with Crippen molar-refractivity contribution in [3.63, 3.8) is 0 Å². The maximum Gasteiger partial charge on any atom is 0.194 e. The Labute approximate surface area is 166 Å². The molecule has 0 bridgehead atoms. The van der Waals surface area contributed by atoms with Crippen molar-refractivity contribution in [3.8, 4) is 5.75 Å². The van der Waals surface area contributed by atoms with E-state index in [2.05, 4.69) is 17.1 Å². The van der Waals surface area contributed by atoms with Crippen LogP contribution in [0, 0.1) is 5.92 Å². The fraction of sp³-hybridized carbons (Fsp3) is 0.588. The maximum absolute atomic E-state index is 6.01. The third-order valence-corrected chi connectivity index (χ3v) is 4.21. The summed E-state index contributed by atoms with van der Waals surface area (Å²) in [6, 6.07) is 5.65. The normalized spacial score (nSPS) is 17.6. The Morgan fingerprint density at radius 1 is 1.42 bits per heavy atom. The standard InChI is InChI=1S/C17H26ClN3O2.HI/c1-4-19-17(21-8-7-13(11-21)12-22-2)20-10-14-5-6-15(18)9-16(14)23-3;/h5-6,9,13H,4,7-8,10-12H2,1-3H3,(H,19,20);1H. The topological polar surface area (TPSA) is 46.1 Å². The van der Waals surface area contributed by atoms with Gasteiger partial charge in [0, 0.05) is 43.2 Å². The summed E-state index contributed by atoms with van der Waals surface area (Å²) in [6.45, 7) is 6.30. The van der Waals surface area contributed by atoms with Crippen molar-refractivity contribution in [2.24, 2.45) is 10.9 Å². The van der Waals surface area contributed by atoms with Gasteiger partial charge in [-0.2, -0.15) is 0 Å². The second-order valence-corrected chi connectivity index (χ2v) is 6.12. The number of benzene rings is 1. The van der Waals surface area contributed by atoms with Gasteiger partial charge in [-0.1, -0.05) is 17.7 Å². The number of aliphatic imine (C=N–C) groups is 1. The number of hydrogen-bond donors (Lipinski definition) is 1. The fourth-order valence-corrected chi connectivity index (χ4v) is 2.99. The molecular weight excluding hydrogens is 441 g/mol. The second kappa shape index (κ2) is 11.0. The minimum Gasteiger partial charge on any atom is -0.496 e. The number of halogens is 2. The van der Waals surface area contributed by atoms with Crippen LogP contribution in [0.4, 0.5) is 0 Å². The fourth-order valence-electron chi connectivity index (χ4n) is 2.83. The van der Waals surface area contributed by atoms with E-state index in [0.717, 1.165) is 49.9 Å². The van der Waals surface area contributed by atoms with E-state index in [1.54, 1.807) is 14.2 Å². The molecule has 0 saturated carbocycles. The first-order valence-corrected chi connectivity index (χ1v) is 8.40. The van der Waals surface area contributed by atoms with E-state index in [4.69, 9.17) is 26.1 Å². The van der Waals surface area contributed by atoms with Gasteiger partial charge in [0.15, 0.2) is 5.96 Å². The molecule has 1 fully saturated rings. The number of nitrogens with zero attached hydrogens (tertiary/aromatic N) is 2. The number of likely N-dealkylation sites (tertiary alicyclic amines) is 1. The van der Waals surface area contributed by atoms with Crippen LogP contribution in [0.5, 0.6) is 5.75 Å². The quantitative estimate of drug-likeness (QED) is 0.396. The molecule has 1 aromatic carbocycles. The lowest BCUT2D eigenvalue weighted by atomic mass is 10.1. The van der Waals surface area contributed by atoms with Crippen LogP contribution in [0.3, 0.4) is 0 Å². The molecule has 1 atom stereocenters. The van der Waals surface area contributed by atoms with Crippen molar-refractivity contribution in [1.82, 2.24) is 10.2 Å². The lowest BCUT2D eigenvalue weighted by Crippen LogP contribution is -2.40. The number of guanidine groups is 1. The highest BCUT2D eigenvalue weighted by Gasteiger charge is 2.24. The Morgan fingerprint density at radius 2 is 2.21 bits per heavy atom. The smallest absolute Gasteiger partial charge is 0.194 e. The molecule has 0 aromatic heterocycles. The van der Waals surface area contributed by atoms with Gasteiger partial charge in [0.2, 0.25) is 0 Å². The molecular formula is C17H27ClIN3O2. The average molecular weight is 468 g/mol. The molecule has 0 spiro atoms. The van der Waals surface area contributed by atoms with E-state index in [1.807, 2.05) is 18.2 Å². The van der Waals surface area contributed by atoms with Crippen LogP contribution in [0.2, 0.25) is 5.02 Å². The Balaban J connectivity index is 0.00000288. The minimum absolute atomic E-state index is 0. The summed E-state index contributed by atoms with van der Waals surface area (Å²) in [5.41, 5.74) is 1.03. The Kier molecular flexibility index (Phi) is 9.76. The molecule has 24 heavy (non-hydrogen) atoms. The van der Waals surface area contributed by atoms with E-state index >= 15 is 0 Å². The summed E-state index contributed by atoms with van der Waals surface area (Å²) in [4.78, 5) is 7.07. The minimum atomic E-state index is 0. The predicted octanol–water partition coefficient (Wildman–Crippen LogP) is 3.40. The van der Waals surface area contributed by atoms with Gasteiger partial charge in [0.25, 0.3) is 0 Å². The summed E-state index contributed by atoms with van der Waals surface area (Å²) in [5, 5.41) is 4.04. The zero-order chi connectivity index (χ0) is 16.7. The average Bonchev–Trinajstić information content (AvgIpc) is 3.01. The van der Waals surface area contributed by atoms with Gasteiger partial charge < -0.3 is 19.7 Å². The van der Waals surface area contributed by atoms with Crippen molar-refractivity contribution >= 4 is 41.5 Å². The van der Waals surface area contributed by atoms with Crippen LogP contribution < -0.4 is 10.1 Å². The second-order valence-electron chi connectivity index (χ2n) is 5.68. The number of ether oxygens (including phenoxy) is 2. The van der Waals surface area contributed by atoms with Gasteiger partial charge in [-0.25, -0.2) is 4.99 Å². The SMILES string of the molecule is CCNC(=NCc1ccc(Cl)cc1OC)N1CCC(COC)C1.I. The van der Waals surface area contributed by atoms with Crippen molar-refractivity contribution < 1.29 is 9.47 Å². The van der Waals surface area contributed by atoms with E-state index < -0.39 is 0 Å². The summed E-state index contributed by atoms with van der Waals surface area (Å²) in [7, 11) is 3.41. The van der Waals surface area contributed by atoms with Crippen LogP contribution in [-0.4, -0.2) is 51.3 Å². The molecule has 0 radical (unpaired) electrons. The van der Waals surface area contributed by atoms with Crippen molar-refractivity contribution in [3.05, 3.63) is 28.8 Å². The van der Waals surface area contributed by atoms with Gasteiger partial charge in [-0.05, 0) is 25.5 Å². The van der Waals surface area contributed by atoms with Gasteiger partial charge in [-0.15, -0.1) is 24.0 Å². The van der Waals surface area contributed by atoms with E-state index in [1.165, 1.54) is 0 Å². The number of hydrogen-bond acceptors (Lipinski definition) is 3. The summed E-state index contributed by atoms with van der Waals surface area (Å²) >= 11 is 6.01. The van der Waals surface area contributed by atoms with Crippen molar-refractivity contribution in [2.75, 3.05) is 40.5 Å². The lowest BCUT2D eigenvalue weighted by Gasteiger charge is -2.21. The van der Waals surface area contributed by atoms with Crippen molar-refractivity contribution in [1.29, 1.82) is 0 Å². The molecule has 1 aliphatic heterocycles. The third-order valence-electron chi connectivity index (χ3n) is 3.97. The van der Waals surface area contributed by atoms with E-state index in [-0.39, 0.29) is 24.0 Å². The first kappa shape index (κ1) is 21.3. The first-order valence-electron chi connectivity index (χ1n) is 8.02. The van der Waals surface area contributed by atoms with Gasteiger partial charge in [0.1, 0.15) is 5.75 Å². The van der Waals surface area contributed by atoms with Crippen LogP contribution in [0.1, 0.15) is 18.9 Å². The monoisotopic (exact) mass is 467 g/mol. The van der Waals surface area contributed by atoms with Crippen LogP contribution in [0.15, 0.2) is 23.2 Å². The van der Waals surface area contributed by atoms with Gasteiger partial charge in [0.05, 0.1) is 20.3 Å². The highest BCUT2D eigenvalue weighted by Crippen LogP contribution is 2.24. The summed E-state index contributed by atoms with van der Waals surface area (Å²) < 4.78 is 10.7. The summed E-state index contributed by atoms with van der Waals surface area (Å²) in [5.74, 6) is 2.30. The largest absolute Gasteiger partial charge is 0.496 e. The molecule has 1 aliphatic rings. The molecule has 0 amide bonds. The molecule has 1 saturated heterocycles. The molecule has 1 unspecified atom stereocenters. The van der Waals surface area contributed by atoms with E-state index in [9.17, 15) is 0 Å². The van der Waals surface area contributed by atoms with Gasteiger partial charge in [-0.3, -0.25) is 0 Å². The van der Waals surface area contributed by atoms with Crippen LogP contribution in [-0.2, 0) is 11.3 Å². The Hall–Kier alpha value is -0.730. The van der Waals surface area contributed by atoms with Crippen molar-refractivity contribution in [2.45, 2.75) is 19.9 Å². The molecule has 5 nitrogen and oxygen atoms in total. The molecule has 1 aromatic rings. The molecule has 7 heteroatoms. The molecule has 1 heterocycles. The first-order chi connectivity index (χ1) is 11.2. The maximum atomic E-state index is 6.01. The highest BCUT2D eigenvalue weighted by atomic mass is 127. The lowest BCUT2D eigenvalue weighted by molar-refractivity contribution is 0.157. The number of nitrogens with one attached hydrogen (secondary N) is 1. The summed E-state index contributed by atoms with van der Waals surface area (Å²) in [6.07, 6.45) is 1.14. The van der Waals surface area contributed by atoms with Crippen LogP contribution in [0.25, 0.3) is 0 Å². The Bertz CT molecular complexity index is 543. The van der Waals surface area contributed by atoms with Crippen LogP contribution >= 0.6 is 35.6 Å². The Morgan fingerprint density at radius 3 is 2.88 bits per heavy atom. The molecule has 2 rings (SSSR count). The van der Waals surface area contributed by atoms with Gasteiger partial charge >= 0.3 is 0 Å². The molecule has 136 valence electrons. The zero-order valence-electron chi connectivity index (χ0n) is 14.5. The van der Waals surface area contributed by atoms with E-state index in [0.29, 0.717) is 17.5 Å². The zero-order valence-corrected chi connectivity index (χ0v) is 17.6.